The van der Waals surface area contributed by atoms with Gasteiger partial charge in [-0.25, -0.2) is 0 Å². The first-order chi connectivity index (χ1) is 7.01. The van der Waals surface area contributed by atoms with E-state index in [0.717, 1.165) is 24.9 Å². The minimum Gasteiger partial charge on any atom is -0.480 e. The van der Waals surface area contributed by atoms with Gasteiger partial charge in [0.25, 0.3) is 0 Å². The molecule has 2 fully saturated rings. The number of carboxylic acids is 1. The van der Waals surface area contributed by atoms with Gasteiger partial charge in [-0.2, -0.15) is 0 Å². The summed E-state index contributed by atoms with van der Waals surface area (Å²) in [6.45, 7) is 6.82. The topological polar surface area (TPSA) is 40.5 Å². The predicted octanol–water partition coefficient (Wildman–Crippen LogP) is 1.83. The van der Waals surface area contributed by atoms with Gasteiger partial charge < -0.3 is 5.11 Å². The van der Waals surface area contributed by atoms with Gasteiger partial charge in [0.15, 0.2) is 0 Å². The van der Waals surface area contributed by atoms with Gasteiger partial charge in [0.2, 0.25) is 0 Å². The zero-order valence-corrected chi connectivity index (χ0v) is 9.70. The highest BCUT2D eigenvalue weighted by molar-refractivity contribution is 5.69. The highest BCUT2D eigenvalue weighted by Crippen LogP contribution is 2.53. The van der Waals surface area contributed by atoms with Gasteiger partial charge in [0.05, 0.1) is 6.54 Å². The van der Waals surface area contributed by atoms with Gasteiger partial charge in [-0.1, -0.05) is 13.8 Å². The third-order valence-corrected chi connectivity index (χ3v) is 4.21. The normalized spacial score (nSPS) is 36.1. The van der Waals surface area contributed by atoms with E-state index in [2.05, 4.69) is 18.7 Å². The van der Waals surface area contributed by atoms with Gasteiger partial charge >= 0.3 is 5.97 Å². The molecule has 2 rings (SSSR count). The van der Waals surface area contributed by atoms with Crippen LogP contribution in [0.1, 0.15) is 33.1 Å². The maximum atomic E-state index is 10.6. The lowest BCUT2D eigenvalue weighted by atomic mass is 9.58. The van der Waals surface area contributed by atoms with E-state index < -0.39 is 5.97 Å². The Morgan fingerprint density at radius 1 is 1.53 bits per heavy atom. The fourth-order valence-electron chi connectivity index (χ4n) is 3.21. The fourth-order valence-corrected chi connectivity index (χ4v) is 3.21. The average Bonchev–Trinajstić information content (AvgIpc) is 2.44. The predicted molar refractivity (Wildman–Crippen MR) is 58.7 cm³/mol. The highest BCUT2D eigenvalue weighted by Gasteiger charge is 2.48. The van der Waals surface area contributed by atoms with Crippen molar-refractivity contribution >= 4 is 5.97 Å². The number of hydrogen-bond acceptors (Lipinski definition) is 2. The number of rotatable bonds is 3. The lowest BCUT2D eigenvalue weighted by Crippen LogP contribution is -2.42. The van der Waals surface area contributed by atoms with E-state index in [4.69, 9.17) is 5.11 Å². The smallest absolute Gasteiger partial charge is 0.317 e. The molecule has 1 saturated heterocycles. The molecule has 3 heteroatoms. The Morgan fingerprint density at radius 2 is 2.20 bits per heavy atom. The van der Waals surface area contributed by atoms with Gasteiger partial charge in [-0.05, 0) is 43.1 Å². The maximum Gasteiger partial charge on any atom is 0.317 e. The Kier molecular flexibility index (Phi) is 2.75. The molecule has 0 aromatic rings. The van der Waals surface area contributed by atoms with Crippen molar-refractivity contribution < 1.29 is 9.90 Å². The third-order valence-electron chi connectivity index (χ3n) is 4.21. The van der Waals surface area contributed by atoms with Crippen LogP contribution in [0.4, 0.5) is 0 Å². The third kappa shape index (κ3) is 2.17. The van der Waals surface area contributed by atoms with Crippen molar-refractivity contribution in [3.05, 3.63) is 0 Å². The molecule has 0 unspecified atom stereocenters. The Labute approximate surface area is 91.5 Å². The molecule has 1 heterocycles. The fraction of sp³-hybridized carbons (Fsp3) is 0.917. The van der Waals surface area contributed by atoms with Crippen molar-refractivity contribution in [2.75, 3.05) is 19.6 Å². The van der Waals surface area contributed by atoms with Crippen LogP contribution < -0.4 is 0 Å². The first-order valence-electron chi connectivity index (χ1n) is 5.95. The zero-order valence-electron chi connectivity index (χ0n) is 9.70. The summed E-state index contributed by atoms with van der Waals surface area (Å²) < 4.78 is 0. The number of carboxylic acid groups (broad SMARTS) is 1. The quantitative estimate of drug-likeness (QED) is 0.774. The van der Waals surface area contributed by atoms with Crippen molar-refractivity contribution in [3.8, 4) is 0 Å². The van der Waals surface area contributed by atoms with E-state index in [1.165, 1.54) is 19.3 Å². The van der Waals surface area contributed by atoms with Crippen LogP contribution in [0.2, 0.25) is 0 Å². The molecule has 0 amide bonds. The Morgan fingerprint density at radius 3 is 2.73 bits per heavy atom. The second-order valence-electron chi connectivity index (χ2n) is 5.77. The van der Waals surface area contributed by atoms with Crippen LogP contribution in [0.25, 0.3) is 0 Å². The molecule has 2 aliphatic rings. The molecule has 1 saturated carbocycles. The second-order valence-corrected chi connectivity index (χ2v) is 5.77. The van der Waals surface area contributed by atoms with E-state index in [1.807, 2.05) is 0 Å². The number of nitrogens with zero attached hydrogens (tertiary/aromatic N) is 1. The number of carbonyl (C=O) groups is 1. The van der Waals surface area contributed by atoms with Crippen LogP contribution in [0, 0.1) is 17.3 Å². The Balaban J connectivity index is 1.81. The van der Waals surface area contributed by atoms with Crippen LogP contribution >= 0.6 is 0 Å². The second kappa shape index (κ2) is 3.78. The molecule has 0 atom stereocenters. The molecule has 1 aliphatic carbocycles. The summed E-state index contributed by atoms with van der Waals surface area (Å²) in [4.78, 5) is 12.7. The minimum absolute atomic E-state index is 0.230. The summed E-state index contributed by atoms with van der Waals surface area (Å²) in [7, 11) is 0. The zero-order chi connectivity index (χ0) is 11.1. The molecule has 0 aromatic carbocycles. The van der Waals surface area contributed by atoms with Crippen molar-refractivity contribution in [1.29, 1.82) is 0 Å². The van der Waals surface area contributed by atoms with Crippen molar-refractivity contribution in [1.82, 2.24) is 4.90 Å². The van der Waals surface area contributed by atoms with Crippen LogP contribution in [-0.2, 0) is 4.79 Å². The Bertz CT molecular complexity index is 256. The average molecular weight is 211 g/mol. The van der Waals surface area contributed by atoms with Gasteiger partial charge in [0, 0.05) is 6.54 Å². The molecule has 1 aliphatic heterocycles. The largest absolute Gasteiger partial charge is 0.480 e. The highest BCUT2D eigenvalue weighted by atomic mass is 16.4. The van der Waals surface area contributed by atoms with Gasteiger partial charge in [-0.3, -0.25) is 9.69 Å². The first-order valence-corrected chi connectivity index (χ1v) is 5.95. The van der Waals surface area contributed by atoms with Crippen molar-refractivity contribution in [2.45, 2.75) is 33.1 Å². The first kappa shape index (κ1) is 10.9. The lowest BCUT2D eigenvalue weighted by molar-refractivity contribution is -0.138. The molecular formula is C12H21NO2. The van der Waals surface area contributed by atoms with Crippen LogP contribution in [-0.4, -0.2) is 35.6 Å². The van der Waals surface area contributed by atoms with Crippen molar-refractivity contribution in [3.63, 3.8) is 0 Å². The standard InChI is InChI=1S/C12H21NO2/c1-9(2)10-5-12(6-10)3-4-13(8-12)7-11(14)15/h9-10H,3-8H2,1-2H3,(H,14,15). The van der Waals surface area contributed by atoms with E-state index in [9.17, 15) is 4.79 Å². The summed E-state index contributed by atoms with van der Waals surface area (Å²) in [5.41, 5.74) is 0.490. The molecule has 0 aromatic heterocycles. The molecule has 1 spiro atoms. The summed E-state index contributed by atoms with van der Waals surface area (Å²) in [6, 6.07) is 0. The minimum atomic E-state index is -0.688. The summed E-state index contributed by atoms with van der Waals surface area (Å²) in [5, 5.41) is 8.73. The monoisotopic (exact) mass is 211 g/mol. The molecule has 86 valence electrons. The van der Waals surface area contributed by atoms with Gasteiger partial charge in [-0.15, -0.1) is 0 Å². The molecule has 3 nitrogen and oxygen atoms in total. The lowest BCUT2D eigenvalue weighted by Gasteiger charge is -2.47. The van der Waals surface area contributed by atoms with Crippen LogP contribution in [0.5, 0.6) is 0 Å². The van der Waals surface area contributed by atoms with E-state index in [1.54, 1.807) is 0 Å². The summed E-state index contributed by atoms with van der Waals surface area (Å²) in [5.74, 6) is 0.991. The molecule has 1 N–H and O–H groups in total. The number of aliphatic carboxylic acids is 1. The molecule has 0 bridgehead atoms. The van der Waals surface area contributed by atoms with E-state index in [-0.39, 0.29) is 6.54 Å². The van der Waals surface area contributed by atoms with E-state index in [0.29, 0.717) is 5.41 Å². The van der Waals surface area contributed by atoms with E-state index >= 15 is 0 Å². The molecule has 15 heavy (non-hydrogen) atoms. The molecule has 0 radical (unpaired) electrons. The Hall–Kier alpha value is -0.570. The van der Waals surface area contributed by atoms with Crippen LogP contribution in [0.3, 0.4) is 0 Å². The summed E-state index contributed by atoms with van der Waals surface area (Å²) >= 11 is 0. The number of hydrogen-bond donors (Lipinski definition) is 1. The van der Waals surface area contributed by atoms with Gasteiger partial charge in [0.1, 0.15) is 0 Å². The molecular weight excluding hydrogens is 190 g/mol. The van der Waals surface area contributed by atoms with Crippen molar-refractivity contribution in [2.24, 2.45) is 17.3 Å². The maximum absolute atomic E-state index is 10.6. The van der Waals surface area contributed by atoms with Crippen LogP contribution in [0.15, 0.2) is 0 Å². The number of likely N-dealkylation sites (tertiary alicyclic amines) is 1. The SMILES string of the molecule is CC(C)C1CC2(CCN(CC(=O)O)C2)C1. The summed E-state index contributed by atoms with van der Waals surface area (Å²) in [6.07, 6.45) is 3.85.